The summed E-state index contributed by atoms with van der Waals surface area (Å²) in [7, 11) is 1.37. The molecule has 1 atom stereocenters. The number of esters is 1. The number of methoxy groups -OCH3 is 1. The average molecular weight is 292 g/mol. The van der Waals surface area contributed by atoms with Crippen LogP contribution in [0.25, 0.3) is 0 Å². The molecule has 0 saturated carbocycles. The molecule has 1 aromatic carbocycles. The molecular formula is C15H20N2O4. The predicted octanol–water partition coefficient (Wildman–Crippen LogP) is 0.972. The van der Waals surface area contributed by atoms with Crippen LogP contribution < -0.4 is 15.4 Å². The van der Waals surface area contributed by atoms with Crippen molar-refractivity contribution in [3.8, 4) is 5.75 Å². The monoisotopic (exact) mass is 292 g/mol. The Kier molecular flexibility index (Phi) is 3.41. The number of morpholine rings is 1. The van der Waals surface area contributed by atoms with Crippen molar-refractivity contribution in [1.29, 1.82) is 0 Å². The zero-order chi connectivity index (χ0) is 15.0. The number of fused-ring (bicyclic) bond motifs is 1. The van der Waals surface area contributed by atoms with Gasteiger partial charge < -0.3 is 24.8 Å². The van der Waals surface area contributed by atoms with E-state index in [9.17, 15) is 4.79 Å². The Morgan fingerprint density at radius 1 is 1.38 bits per heavy atom. The molecule has 1 saturated heterocycles. The summed E-state index contributed by atoms with van der Waals surface area (Å²) in [6.07, 6.45) is 0.475. The number of hydrogen-bond donors (Lipinski definition) is 1. The van der Waals surface area contributed by atoms with E-state index in [4.69, 9.17) is 19.9 Å². The molecule has 1 fully saturated rings. The molecule has 114 valence electrons. The molecule has 0 bridgehead atoms. The van der Waals surface area contributed by atoms with Crippen LogP contribution in [0.2, 0.25) is 0 Å². The molecule has 21 heavy (non-hydrogen) atoms. The van der Waals surface area contributed by atoms with E-state index in [0.29, 0.717) is 31.1 Å². The highest BCUT2D eigenvalue weighted by Crippen LogP contribution is 2.41. The van der Waals surface area contributed by atoms with Gasteiger partial charge in [0.25, 0.3) is 0 Å². The van der Waals surface area contributed by atoms with Crippen LogP contribution in [0.1, 0.15) is 12.5 Å². The van der Waals surface area contributed by atoms with Gasteiger partial charge in [0.05, 0.1) is 31.7 Å². The number of carbonyl (C=O) groups is 1. The SMILES string of the molecule is COC(=O)C1(C)Cc2cc(N)c(N3CCOCC3)cc2O1. The Morgan fingerprint density at radius 2 is 2.10 bits per heavy atom. The Hall–Kier alpha value is -1.95. The maximum absolute atomic E-state index is 11.9. The molecule has 2 aliphatic heterocycles. The van der Waals surface area contributed by atoms with Crippen molar-refractivity contribution >= 4 is 17.3 Å². The van der Waals surface area contributed by atoms with Crippen molar-refractivity contribution in [3.63, 3.8) is 0 Å². The fraction of sp³-hybridized carbons (Fsp3) is 0.533. The first-order valence-electron chi connectivity index (χ1n) is 7.06. The minimum Gasteiger partial charge on any atom is -0.475 e. The highest BCUT2D eigenvalue weighted by molar-refractivity contribution is 5.82. The van der Waals surface area contributed by atoms with E-state index < -0.39 is 5.60 Å². The van der Waals surface area contributed by atoms with Crippen LogP contribution in [0, 0.1) is 0 Å². The van der Waals surface area contributed by atoms with Crippen LogP contribution >= 0.6 is 0 Å². The van der Waals surface area contributed by atoms with Gasteiger partial charge in [0.2, 0.25) is 5.60 Å². The van der Waals surface area contributed by atoms with Crippen molar-refractivity contribution < 1.29 is 19.0 Å². The Morgan fingerprint density at radius 3 is 2.76 bits per heavy atom. The number of anilines is 2. The fourth-order valence-electron chi connectivity index (χ4n) is 2.92. The second-order valence-electron chi connectivity index (χ2n) is 5.62. The average Bonchev–Trinajstić information content (AvgIpc) is 2.83. The Bertz CT molecular complexity index is 569. The van der Waals surface area contributed by atoms with Crippen LogP contribution in [0.4, 0.5) is 11.4 Å². The van der Waals surface area contributed by atoms with Gasteiger partial charge in [-0.05, 0) is 13.0 Å². The Labute approximate surface area is 123 Å². The lowest BCUT2D eigenvalue weighted by molar-refractivity contribution is -0.156. The lowest BCUT2D eigenvalue weighted by Crippen LogP contribution is -2.41. The number of ether oxygens (including phenoxy) is 3. The minimum absolute atomic E-state index is 0.370. The third-order valence-corrected chi connectivity index (χ3v) is 4.04. The van der Waals surface area contributed by atoms with E-state index in [1.807, 2.05) is 12.1 Å². The summed E-state index contributed by atoms with van der Waals surface area (Å²) in [6, 6.07) is 3.82. The molecule has 0 aliphatic carbocycles. The molecule has 2 heterocycles. The number of nitrogens with zero attached hydrogens (tertiary/aromatic N) is 1. The molecule has 3 rings (SSSR count). The van der Waals surface area contributed by atoms with Crippen molar-refractivity contribution in [2.75, 3.05) is 44.0 Å². The summed E-state index contributed by atoms with van der Waals surface area (Å²) in [6.45, 7) is 4.73. The zero-order valence-corrected chi connectivity index (χ0v) is 12.3. The van der Waals surface area contributed by atoms with E-state index >= 15 is 0 Å². The van der Waals surface area contributed by atoms with Crippen molar-refractivity contribution in [2.45, 2.75) is 18.9 Å². The number of nitrogens with two attached hydrogens (primary N) is 1. The molecule has 0 amide bonds. The van der Waals surface area contributed by atoms with Gasteiger partial charge in [0, 0.05) is 31.1 Å². The summed E-state index contributed by atoms with van der Waals surface area (Å²) in [5.41, 5.74) is 7.78. The molecular weight excluding hydrogens is 272 g/mol. The van der Waals surface area contributed by atoms with Gasteiger partial charge in [0.15, 0.2) is 0 Å². The number of benzene rings is 1. The third-order valence-electron chi connectivity index (χ3n) is 4.04. The van der Waals surface area contributed by atoms with E-state index in [2.05, 4.69) is 4.90 Å². The smallest absolute Gasteiger partial charge is 0.350 e. The number of carbonyl (C=O) groups excluding carboxylic acids is 1. The van der Waals surface area contributed by atoms with E-state index in [1.165, 1.54) is 7.11 Å². The lowest BCUT2D eigenvalue weighted by Gasteiger charge is -2.30. The molecule has 1 aromatic rings. The fourth-order valence-corrected chi connectivity index (χ4v) is 2.92. The first-order valence-corrected chi connectivity index (χ1v) is 7.06. The highest BCUT2D eigenvalue weighted by atomic mass is 16.6. The van der Waals surface area contributed by atoms with Crippen LogP contribution in [-0.4, -0.2) is 45.0 Å². The quantitative estimate of drug-likeness (QED) is 0.647. The van der Waals surface area contributed by atoms with Crippen LogP contribution in [0.3, 0.4) is 0 Å². The van der Waals surface area contributed by atoms with Crippen molar-refractivity contribution in [3.05, 3.63) is 17.7 Å². The summed E-state index contributed by atoms with van der Waals surface area (Å²) in [5, 5.41) is 0. The molecule has 0 radical (unpaired) electrons. The van der Waals surface area contributed by atoms with Gasteiger partial charge >= 0.3 is 5.97 Å². The van der Waals surface area contributed by atoms with E-state index in [-0.39, 0.29) is 5.97 Å². The van der Waals surface area contributed by atoms with Crippen LogP contribution in [0.15, 0.2) is 12.1 Å². The summed E-state index contributed by atoms with van der Waals surface area (Å²) in [4.78, 5) is 14.0. The van der Waals surface area contributed by atoms with E-state index in [0.717, 1.165) is 24.3 Å². The minimum atomic E-state index is -0.965. The van der Waals surface area contributed by atoms with Crippen LogP contribution in [0.5, 0.6) is 5.75 Å². The maximum atomic E-state index is 11.9. The second kappa shape index (κ2) is 5.11. The molecule has 0 spiro atoms. The van der Waals surface area contributed by atoms with Gasteiger partial charge in [-0.1, -0.05) is 0 Å². The summed E-state index contributed by atoms with van der Waals surface area (Å²) < 4.78 is 16.0. The van der Waals surface area contributed by atoms with Crippen LogP contribution in [-0.2, 0) is 20.7 Å². The third kappa shape index (κ3) is 2.40. The first kappa shape index (κ1) is 14.0. The van der Waals surface area contributed by atoms with Crippen molar-refractivity contribution in [1.82, 2.24) is 0 Å². The number of rotatable bonds is 2. The standard InChI is InChI=1S/C15H20N2O4/c1-15(14(18)19-2)9-10-7-11(16)12(8-13(10)21-15)17-3-5-20-6-4-17/h7-8H,3-6,9,16H2,1-2H3. The molecule has 1 unspecified atom stereocenters. The largest absolute Gasteiger partial charge is 0.475 e. The van der Waals surface area contributed by atoms with Gasteiger partial charge in [-0.25, -0.2) is 4.79 Å². The highest BCUT2D eigenvalue weighted by Gasteiger charge is 2.43. The predicted molar refractivity (Wildman–Crippen MR) is 78.6 cm³/mol. The maximum Gasteiger partial charge on any atom is 0.350 e. The number of nitrogen functional groups attached to an aromatic ring is 1. The molecule has 6 nitrogen and oxygen atoms in total. The topological polar surface area (TPSA) is 74.0 Å². The zero-order valence-electron chi connectivity index (χ0n) is 12.3. The normalized spacial score (nSPS) is 24.4. The van der Waals surface area contributed by atoms with Crippen molar-refractivity contribution in [2.24, 2.45) is 0 Å². The molecule has 2 aliphatic rings. The molecule has 6 heteroatoms. The van der Waals surface area contributed by atoms with Gasteiger partial charge in [-0.15, -0.1) is 0 Å². The second-order valence-corrected chi connectivity index (χ2v) is 5.62. The molecule has 0 aromatic heterocycles. The summed E-state index contributed by atoms with van der Waals surface area (Å²) >= 11 is 0. The lowest BCUT2D eigenvalue weighted by atomic mass is 9.99. The summed E-state index contributed by atoms with van der Waals surface area (Å²) in [5.74, 6) is 0.337. The Balaban J connectivity index is 1.90. The van der Waals surface area contributed by atoms with Gasteiger partial charge in [0.1, 0.15) is 5.75 Å². The first-order chi connectivity index (χ1) is 10.0. The van der Waals surface area contributed by atoms with Gasteiger partial charge in [-0.3, -0.25) is 0 Å². The number of hydrogen-bond acceptors (Lipinski definition) is 6. The van der Waals surface area contributed by atoms with E-state index in [1.54, 1.807) is 6.92 Å². The molecule has 2 N–H and O–H groups in total. The van der Waals surface area contributed by atoms with Gasteiger partial charge in [-0.2, -0.15) is 0 Å².